The zero-order chi connectivity index (χ0) is 31.1. The van der Waals surface area contributed by atoms with Gasteiger partial charge in [0.25, 0.3) is 5.56 Å². The quantitative estimate of drug-likeness (QED) is 0.187. The monoisotopic (exact) mass is 611 g/mol. The molecule has 0 aliphatic rings. The van der Waals surface area contributed by atoms with E-state index in [4.69, 9.17) is 19.3 Å². The topological polar surface area (TPSA) is 128 Å². The highest BCUT2D eigenvalue weighted by atomic mass is 32.2. The number of rotatable bonds is 15. The largest absolute Gasteiger partial charge is 0.493 e. The number of aryl methyl sites for hydroxylation is 3. The van der Waals surface area contributed by atoms with Gasteiger partial charge in [-0.2, -0.15) is 0 Å². The maximum absolute atomic E-state index is 13.4. The number of fused-ring (bicyclic) bond motifs is 1. The summed E-state index contributed by atoms with van der Waals surface area (Å²) in [6, 6.07) is 10.4. The Morgan fingerprint density at radius 1 is 0.953 bits per heavy atom. The fraction of sp³-hybridized carbons (Fsp3) is 0.452. The number of sulfonamides is 1. The number of H-pyrrole nitrogens is 1. The van der Waals surface area contributed by atoms with Crippen molar-refractivity contribution in [1.29, 1.82) is 0 Å². The molecule has 0 unspecified atom stereocenters. The van der Waals surface area contributed by atoms with Crippen LogP contribution >= 0.6 is 0 Å². The number of nitrogens with one attached hydrogen (secondary N) is 1. The second kappa shape index (κ2) is 13.9. The molecular weight excluding hydrogens is 570 g/mol. The summed E-state index contributed by atoms with van der Waals surface area (Å²) in [5, 5.41) is 4.77. The van der Waals surface area contributed by atoms with Crippen LogP contribution in [0.15, 0.2) is 41.2 Å². The van der Waals surface area contributed by atoms with Crippen LogP contribution in [0, 0.1) is 6.92 Å². The zero-order valence-corrected chi connectivity index (χ0v) is 26.6. The van der Waals surface area contributed by atoms with Crippen molar-refractivity contribution < 1.29 is 22.6 Å². The summed E-state index contributed by atoms with van der Waals surface area (Å²) in [5.41, 5.74) is 2.39. The Hall–Kier alpha value is -4.06. The van der Waals surface area contributed by atoms with Crippen LogP contribution in [-0.2, 0) is 22.9 Å². The van der Waals surface area contributed by atoms with Gasteiger partial charge in [-0.05, 0) is 62.6 Å². The summed E-state index contributed by atoms with van der Waals surface area (Å²) in [5.74, 6) is 2.46. The first-order chi connectivity index (χ1) is 20.6. The molecule has 4 rings (SSSR count). The van der Waals surface area contributed by atoms with Gasteiger partial charge in [-0.1, -0.05) is 32.3 Å². The van der Waals surface area contributed by atoms with Crippen LogP contribution in [-0.4, -0.2) is 61.6 Å². The molecule has 0 amide bonds. The first kappa shape index (κ1) is 31.9. The molecular formula is C31H41N5O6S. The highest BCUT2D eigenvalue weighted by Gasteiger charge is 2.22. The third kappa shape index (κ3) is 7.12. The van der Waals surface area contributed by atoms with Gasteiger partial charge < -0.3 is 19.2 Å². The van der Waals surface area contributed by atoms with E-state index in [-0.39, 0.29) is 23.6 Å². The van der Waals surface area contributed by atoms with E-state index in [2.05, 4.69) is 16.9 Å². The number of methoxy groups -OCH3 is 2. The lowest BCUT2D eigenvalue weighted by Gasteiger charge is -2.21. The molecule has 2 heterocycles. The molecule has 1 N–H and O–H groups in total. The number of aromatic amines is 1. The van der Waals surface area contributed by atoms with Crippen molar-refractivity contribution in [2.75, 3.05) is 37.9 Å². The van der Waals surface area contributed by atoms with E-state index in [1.54, 1.807) is 48.9 Å². The molecule has 0 aliphatic carbocycles. The molecule has 0 bridgehead atoms. The molecule has 0 fully saturated rings. The number of nitrogens with zero attached hydrogens (tertiary/aromatic N) is 4. The van der Waals surface area contributed by atoms with Crippen molar-refractivity contribution >= 4 is 21.2 Å². The molecule has 12 heteroatoms. The van der Waals surface area contributed by atoms with Crippen molar-refractivity contribution in [1.82, 2.24) is 19.6 Å². The van der Waals surface area contributed by atoms with Crippen molar-refractivity contribution in [2.45, 2.75) is 59.3 Å². The average molecular weight is 612 g/mol. The number of hydrogen-bond donors (Lipinski definition) is 1. The summed E-state index contributed by atoms with van der Waals surface area (Å²) in [7, 11) is 0.881. The molecule has 4 aromatic rings. The number of aromatic nitrogens is 4. The molecule has 0 saturated heterocycles. The molecule has 2 aromatic carbocycles. The predicted octanol–water partition coefficient (Wildman–Crippen LogP) is 4.94. The number of benzene rings is 2. The number of hydrogen-bond acceptors (Lipinski definition) is 8. The van der Waals surface area contributed by atoms with Gasteiger partial charge in [0.2, 0.25) is 10.0 Å². The van der Waals surface area contributed by atoms with Gasteiger partial charge in [-0.25, -0.2) is 17.9 Å². The van der Waals surface area contributed by atoms with Gasteiger partial charge in [0.05, 0.1) is 43.5 Å². The lowest BCUT2D eigenvalue weighted by molar-refractivity contribution is 0.341. The number of ether oxygens (including phenoxy) is 3. The smallest absolute Gasteiger partial charge is 0.277 e. The second-order valence-corrected chi connectivity index (χ2v) is 12.4. The van der Waals surface area contributed by atoms with Crippen LogP contribution in [0.4, 0.5) is 5.69 Å². The van der Waals surface area contributed by atoms with Crippen LogP contribution in [0.3, 0.4) is 0 Å². The minimum absolute atomic E-state index is 0.127. The van der Waals surface area contributed by atoms with Crippen molar-refractivity contribution in [3.8, 4) is 28.6 Å². The van der Waals surface area contributed by atoms with Crippen LogP contribution < -0.4 is 24.1 Å². The fourth-order valence-corrected chi connectivity index (χ4v) is 6.19. The molecule has 0 atom stereocenters. The first-order valence-corrected chi connectivity index (χ1v) is 16.2. The van der Waals surface area contributed by atoms with Crippen LogP contribution in [0.25, 0.3) is 16.9 Å². The van der Waals surface area contributed by atoms with Crippen molar-refractivity contribution in [3.63, 3.8) is 0 Å². The fourth-order valence-electron chi connectivity index (χ4n) is 4.99. The number of unbranched alkanes of at least 4 members (excludes halogenated alkanes) is 3. The second-order valence-electron chi connectivity index (χ2n) is 10.3. The Kier molecular flexibility index (Phi) is 10.3. The van der Waals surface area contributed by atoms with E-state index in [0.717, 1.165) is 37.1 Å². The molecule has 43 heavy (non-hydrogen) atoms. The average Bonchev–Trinajstić information content (AvgIpc) is 3.33. The summed E-state index contributed by atoms with van der Waals surface area (Å²) < 4.78 is 46.2. The van der Waals surface area contributed by atoms with E-state index in [1.165, 1.54) is 18.5 Å². The molecule has 0 radical (unpaired) electrons. The normalized spacial score (nSPS) is 11.6. The highest BCUT2D eigenvalue weighted by molar-refractivity contribution is 7.92. The van der Waals surface area contributed by atoms with Crippen LogP contribution in [0.2, 0.25) is 0 Å². The van der Waals surface area contributed by atoms with Crippen molar-refractivity contribution in [3.05, 3.63) is 63.8 Å². The van der Waals surface area contributed by atoms with Gasteiger partial charge in [-0.3, -0.25) is 9.10 Å². The Morgan fingerprint density at radius 2 is 1.70 bits per heavy atom. The number of anilines is 1. The molecule has 2 aromatic heterocycles. The Bertz CT molecular complexity index is 1730. The van der Waals surface area contributed by atoms with Crippen LogP contribution in [0.1, 0.15) is 56.6 Å². The standard InChI is InChI=1S/C31H41N5O6S/c1-7-9-10-11-12-28-32-21(3)29-31(37)33-30(34-36(28)29)24-20-23(14-16-25(24)42-8-2)35(4)43(38,39)18-17-22-13-15-26(40-5)27(19-22)41-6/h13-16,19-20H,7-12,17-18H2,1-6H3,(H,33,34,37). The third-order valence-corrected chi connectivity index (χ3v) is 9.16. The van der Waals surface area contributed by atoms with Gasteiger partial charge in [0.1, 0.15) is 11.6 Å². The van der Waals surface area contributed by atoms with Gasteiger partial charge >= 0.3 is 0 Å². The summed E-state index contributed by atoms with van der Waals surface area (Å²) in [6.07, 6.45) is 5.26. The Labute approximate surface area is 252 Å². The first-order valence-electron chi connectivity index (χ1n) is 14.6. The van der Waals surface area contributed by atoms with E-state index in [0.29, 0.717) is 52.7 Å². The lowest BCUT2D eigenvalue weighted by Crippen LogP contribution is -2.30. The molecule has 11 nitrogen and oxygen atoms in total. The van der Waals surface area contributed by atoms with Crippen LogP contribution in [0.5, 0.6) is 17.2 Å². The van der Waals surface area contributed by atoms with E-state index in [9.17, 15) is 13.2 Å². The Morgan fingerprint density at radius 3 is 2.40 bits per heavy atom. The summed E-state index contributed by atoms with van der Waals surface area (Å²) in [4.78, 5) is 20.7. The SMILES string of the molecule is CCCCCCc1nc(C)c2c(=O)[nH]c(-c3cc(N(C)S(=O)(=O)CCc4ccc(OC)c(OC)c4)ccc3OCC)nn12. The van der Waals surface area contributed by atoms with E-state index in [1.807, 2.05) is 13.0 Å². The molecule has 0 saturated carbocycles. The molecule has 0 spiro atoms. The molecule has 232 valence electrons. The van der Waals surface area contributed by atoms with Gasteiger partial charge in [0.15, 0.2) is 22.8 Å². The summed E-state index contributed by atoms with van der Waals surface area (Å²) in [6.45, 7) is 6.20. The lowest BCUT2D eigenvalue weighted by atomic mass is 10.1. The van der Waals surface area contributed by atoms with Gasteiger partial charge in [-0.15, -0.1) is 5.10 Å². The number of imidazole rings is 1. The Balaban J connectivity index is 1.66. The van der Waals surface area contributed by atoms with Gasteiger partial charge in [0, 0.05) is 13.5 Å². The maximum atomic E-state index is 13.4. The predicted molar refractivity (Wildman–Crippen MR) is 168 cm³/mol. The third-order valence-electron chi connectivity index (χ3n) is 7.39. The van der Waals surface area contributed by atoms with E-state index >= 15 is 0 Å². The molecule has 0 aliphatic heterocycles. The minimum atomic E-state index is -3.72. The highest BCUT2D eigenvalue weighted by Crippen LogP contribution is 2.33. The zero-order valence-electron chi connectivity index (χ0n) is 25.8. The van der Waals surface area contributed by atoms with E-state index < -0.39 is 10.0 Å². The maximum Gasteiger partial charge on any atom is 0.277 e. The van der Waals surface area contributed by atoms with Crippen molar-refractivity contribution in [2.24, 2.45) is 0 Å². The minimum Gasteiger partial charge on any atom is -0.493 e. The summed E-state index contributed by atoms with van der Waals surface area (Å²) >= 11 is 0.